The molecule has 1 heterocycles. The van der Waals surface area contributed by atoms with Gasteiger partial charge in [0.05, 0.1) is 22.5 Å². The molecule has 0 N–H and O–H groups in total. The van der Waals surface area contributed by atoms with Crippen LogP contribution in [0.25, 0.3) is 0 Å². The third kappa shape index (κ3) is 4.08. The quantitative estimate of drug-likeness (QED) is 0.677. The zero-order chi connectivity index (χ0) is 15.4. The molecule has 1 aliphatic carbocycles. The Balaban J connectivity index is 2.16. The fourth-order valence-electron chi connectivity index (χ4n) is 2.87. The fourth-order valence-corrected chi connectivity index (χ4v) is 3.56. The summed E-state index contributed by atoms with van der Waals surface area (Å²) in [7, 11) is 1.78. The lowest BCUT2D eigenvalue weighted by Gasteiger charge is -2.29. The monoisotopic (exact) mass is 357 g/mol. The standard InChI is InChI=1S/C16H28BrN3O/c1-5-14-16(17)15(20(6-2)18-14)11-19(9-10-21-4)12(3)13-7-8-13/h12-13H,5-11H2,1-4H3. The summed E-state index contributed by atoms with van der Waals surface area (Å²) in [5, 5.41) is 4.71. The summed E-state index contributed by atoms with van der Waals surface area (Å²) in [5.74, 6) is 0.865. The first-order chi connectivity index (χ1) is 10.1. The van der Waals surface area contributed by atoms with Gasteiger partial charge in [0.25, 0.3) is 0 Å². The minimum absolute atomic E-state index is 0.623. The number of aromatic nitrogens is 2. The van der Waals surface area contributed by atoms with Crippen LogP contribution in [-0.2, 0) is 24.2 Å². The van der Waals surface area contributed by atoms with Crippen LogP contribution >= 0.6 is 15.9 Å². The van der Waals surface area contributed by atoms with Crippen molar-refractivity contribution in [1.82, 2.24) is 14.7 Å². The second-order valence-corrected chi connectivity index (χ2v) is 6.71. The van der Waals surface area contributed by atoms with Gasteiger partial charge in [-0.05, 0) is 55.0 Å². The van der Waals surface area contributed by atoms with Gasteiger partial charge in [-0.15, -0.1) is 0 Å². The molecule has 21 heavy (non-hydrogen) atoms. The van der Waals surface area contributed by atoms with E-state index in [0.717, 1.165) is 44.3 Å². The lowest BCUT2D eigenvalue weighted by molar-refractivity contribution is 0.109. The van der Waals surface area contributed by atoms with Gasteiger partial charge in [0.1, 0.15) is 0 Å². The van der Waals surface area contributed by atoms with Crippen molar-refractivity contribution in [1.29, 1.82) is 0 Å². The molecule has 1 aliphatic rings. The van der Waals surface area contributed by atoms with E-state index < -0.39 is 0 Å². The van der Waals surface area contributed by atoms with E-state index in [2.05, 4.69) is 46.3 Å². The Morgan fingerprint density at radius 3 is 2.67 bits per heavy atom. The highest BCUT2D eigenvalue weighted by Gasteiger charge is 2.32. The van der Waals surface area contributed by atoms with Crippen LogP contribution < -0.4 is 0 Å². The molecule has 2 rings (SSSR count). The molecule has 1 saturated carbocycles. The summed E-state index contributed by atoms with van der Waals surface area (Å²) in [5.41, 5.74) is 2.47. The number of methoxy groups -OCH3 is 1. The number of halogens is 1. The highest BCUT2D eigenvalue weighted by Crippen LogP contribution is 2.36. The van der Waals surface area contributed by atoms with E-state index >= 15 is 0 Å². The summed E-state index contributed by atoms with van der Waals surface area (Å²) in [4.78, 5) is 2.55. The summed E-state index contributed by atoms with van der Waals surface area (Å²) < 4.78 is 8.63. The van der Waals surface area contributed by atoms with Crippen LogP contribution in [0, 0.1) is 5.92 Å². The highest BCUT2D eigenvalue weighted by atomic mass is 79.9. The molecule has 5 heteroatoms. The van der Waals surface area contributed by atoms with E-state index in [9.17, 15) is 0 Å². The van der Waals surface area contributed by atoms with Crippen molar-refractivity contribution in [3.05, 3.63) is 15.9 Å². The van der Waals surface area contributed by atoms with Gasteiger partial charge in [-0.1, -0.05) is 6.92 Å². The maximum atomic E-state index is 5.30. The minimum atomic E-state index is 0.623. The van der Waals surface area contributed by atoms with Crippen molar-refractivity contribution in [2.75, 3.05) is 20.3 Å². The predicted octanol–water partition coefficient (Wildman–Crippen LogP) is 3.47. The summed E-state index contributed by atoms with van der Waals surface area (Å²) >= 11 is 3.76. The van der Waals surface area contributed by atoms with E-state index in [4.69, 9.17) is 9.84 Å². The highest BCUT2D eigenvalue weighted by molar-refractivity contribution is 9.10. The normalized spacial score (nSPS) is 16.7. The van der Waals surface area contributed by atoms with Crippen molar-refractivity contribution in [3.63, 3.8) is 0 Å². The lowest BCUT2D eigenvalue weighted by atomic mass is 10.1. The molecule has 0 saturated heterocycles. The van der Waals surface area contributed by atoms with Crippen LogP contribution in [0.4, 0.5) is 0 Å². The first-order valence-corrected chi connectivity index (χ1v) is 8.88. The largest absolute Gasteiger partial charge is 0.383 e. The van der Waals surface area contributed by atoms with Crippen molar-refractivity contribution in [2.24, 2.45) is 5.92 Å². The third-order valence-corrected chi connectivity index (χ3v) is 5.43. The van der Waals surface area contributed by atoms with Crippen LogP contribution in [0.1, 0.15) is 45.0 Å². The molecule has 0 aliphatic heterocycles. The molecule has 1 aromatic rings. The molecule has 0 spiro atoms. The number of rotatable bonds is 9. The molecule has 1 unspecified atom stereocenters. The maximum absolute atomic E-state index is 5.30. The van der Waals surface area contributed by atoms with Gasteiger partial charge in [0, 0.05) is 32.8 Å². The second kappa shape index (κ2) is 7.75. The van der Waals surface area contributed by atoms with E-state index in [1.54, 1.807) is 7.11 Å². The smallest absolute Gasteiger partial charge is 0.0767 e. The van der Waals surface area contributed by atoms with E-state index in [0.29, 0.717) is 6.04 Å². The average molecular weight is 358 g/mol. The minimum Gasteiger partial charge on any atom is -0.383 e. The Morgan fingerprint density at radius 1 is 1.43 bits per heavy atom. The van der Waals surface area contributed by atoms with Crippen molar-refractivity contribution in [2.45, 2.75) is 59.2 Å². The fraction of sp³-hybridized carbons (Fsp3) is 0.812. The van der Waals surface area contributed by atoms with Gasteiger partial charge in [0.2, 0.25) is 0 Å². The number of ether oxygens (including phenoxy) is 1. The van der Waals surface area contributed by atoms with Crippen LogP contribution in [-0.4, -0.2) is 41.0 Å². The van der Waals surface area contributed by atoms with Gasteiger partial charge in [-0.25, -0.2) is 0 Å². The lowest BCUT2D eigenvalue weighted by Crippen LogP contribution is -2.37. The first-order valence-electron chi connectivity index (χ1n) is 8.09. The molecule has 4 nitrogen and oxygen atoms in total. The summed E-state index contributed by atoms with van der Waals surface area (Å²) in [6.07, 6.45) is 3.72. The van der Waals surface area contributed by atoms with E-state index in [1.807, 2.05) is 0 Å². The Labute approximate surface area is 137 Å². The topological polar surface area (TPSA) is 30.3 Å². The SMILES string of the molecule is CCc1nn(CC)c(CN(CCOC)C(C)C2CC2)c1Br. The Kier molecular flexibility index (Phi) is 6.26. The molecule has 1 aromatic heterocycles. The Bertz CT molecular complexity index is 457. The molecule has 1 atom stereocenters. The Morgan fingerprint density at radius 2 is 2.14 bits per heavy atom. The zero-order valence-corrected chi connectivity index (χ0v) is 15.3. The molecule has 0 amide bonds. The van der Waals surface area contributed by atoms with Crippen LogP contribution in [0.15, 0.2) is 4.47 Å². The van der Waals surface area contributed by atoms with Crippen LogP contribution in [0.2, 0.25) is 0 Å². The Hall–Kier alpha value is -0.390. The zero-order valence-electron chi connectivity index (χ0n) is 13.7. The van der Waals surface area contributed by atoms with E-state index in [1.165, 1.54) is 23.0 Å². The predicted molar refractivity (Wildman–Crippen MR) is 89.5 cm³/mol. The maximum Gasteiger partial charge on any atom is 0.0767 e. The van der Waals surface area contributed by atoms with Gasteiger partial charge in [-0.2, -0.15) is 5.10 Å². The molecular formula is C16H28BrN3O. The van der Waals surface area contributed by atoms with E-state index in [-0.39, 0.29) is 0 Å². The molecule has 0 aromatic carbocycles. The van der Waals surface area contributed by atoms with Crippen LogP contribution in [0.3, 0.4) is 0 Å². The van der Waals surface area contributed by atoms with Gasteiger partial charge in [0.15, 0.2) is 0 Å². The van der Waals surface area contributed by atoms with Crippen LogP contribution in [0.5, 0.6) is 0 Å². The summed E-state index contributed by atoms with van der Waals surface area (Å²) in [6, 6.07) is 0.623. The molecule has 1 fully saturated rings. The van der Waals surface area contributed by atoms with Crippen molar-refractivity contribution < 1.29 is 4.74 Å². The molecule has 0 bridgehead atoms. The van der Waals surface area contributed by atoms with Crippen molar-refractivity contribution >= 4 is 15.9 Å². The molecule has 120 valence electrons. The van der Waals surface area contributed by atoms with Crippen molar-refractivity contribution in [3.8, 4) is 0 Å². The van der Waals surface area contributed by atoms with Gasteiger partial charge >= 0.3 is 0 Å². The number of hydrogen-bond donors (Lipinski definition) is 0. The number of hydrogen-bond acceptors (Lipinski definition) is 3. The molecular weight excluding hydrogens is 330 g/mol. The third-order valence-electron chi connectivity index (χ3n) is 4.51. The number of aryl methyl sites for hydroxylation is 2. The first kappa shape index (κ1) is 17.0. The van der Waals surface area contributed by atoms with Gasteiger partial charge < -0.3 is 4.74 Å². The molecule has 0 radical (unpaired) electrons. The van der Waals surface area contributed by atoms with Gasteiger partial charge in [-0.3, -0.25) is 9.58 Å². The number of nitrogens with zero attached hydrogens (tertiary/aromatic N) is 3. The average Bonchev–Trinajstić information content (AvgIpc) is 3.29. The second-order valence-electron chi connectivity index (χ2n) is 5.92. The summed E-state index contributed by atoms with van der Waals surface area (Å²) in [6.45, 7) is 10.3.